The zero-order valence-corrected chi connectivity index (χ0v) is 13.9. The molecule has 2 saturated carbocycles. The number of rotatable bonds is 7. The predicted molar refractivity (Wildman–Crippen MR) is 86.9 cm³/mol. The molecule has 0 spiro atoms. The Kier molecular flexibility index (Phi) is 7.68. The van der Waals surface area contributed by atoms with Crippen LogP contribution < -0.4 is 0 Å². The van der Waals surface area contributed by atoms with E-state index in [0.717, 1.165) is 58.0 Å². The fourth-order valence-corrected chi connectivity index (χ4v) is 4.20. The lowest BCUT2D eigenvalue weighted by atomic mass is 9.70. The van der Waals surface area contributed by atoms with Crippen LogP contribution >= 0.6 is 0 Å². The SMILES string of the molecule is C=CCCCOC1CCC(C2CCC(C(F)=C(F)F)CC2)CC1. The van der Waals surface area contributed by atoms with Gasteiger partial charge in [-0.15, -0.1) is 6.58 Å². The molecule has 0 unspecified atom stereocenters. The Balaban J connectivity index is 1.67. The molecule has 23 heavy (non-hydrogen) atoms. The third kappa shape index (κ3) is 5.66. The number of hydrogen-bond acceptors (Lipinski definition) is 1. The van der Waals surface area contributed by atoms with Gasteiger partial charge < -0.3 is 4.74 Å². The van der Waals surface area contributed by atoms with Crippen molar-refractivity contribution in [3.63, 3.8) is 0 Å². The first kappa shape index (κ1) is 18.6. The average molecular weight is 330 g/mol. The van der Waals surface area contributed by atoms with Crippen molar-refractivity contribution in [2.45, 2.75) is 70.3 Å². The van der Waals surface area contributed by atoms with E-state index in [9.17, 15) is 13.2 Å². The first-order valence-corrected chi connectivity index (χ1v) is 9.05. The number of halogens is 3. The van der Waals surface area contributed by atoms with E-state index >= 15 is 0 Å². The fourth-order valence-electron chi connectivity index (χ4n) is 4.20. The van der Waals surface area contributed by atoms with E-state index in [1.165, 1.54) is 0 Å². The van der Waals surface area contributed by atoms with Gasteiger partial charge >= 0.3 is 6.08 Å². The van der Waals surface area contributed by atoms with Gasteiger partial charge in [-0.3, -0.25) is 0 Å². The summed E-state index contributed by atoms with van der Waals surface area (Å²) in [5, 5.41) is 0. The van der Waals surface area contributed by atoms with Crippen LogP contribution in [0.25, 0.3) is 0 Å². The zero-order chi connectivity index (χ0) is 16.7. The van der Waals surface area contributed by atoms with E-state index in [4.69, 9.17) is 4.74 Å². The summed E-state index contributed by atoms with van der Waals surface area (Å²) in [7, 11) is 0. The second-order valence-electron chi connectivity index (χ2n) is 7.06. The summed E-state index contributed by atoms with van der Waals surface area (Å²) in [5.41, 5.74) is 0. The molecule has 0 aromatic heterocycles. The van der Waals surface area contributed by atoms with Crippen molar-refractivity contribution in [3.05, 3.63) is 24.6 Å². The van der Waals surface area contributed by atoms with Crippen molar-refractivity contribution >= 4 is 0 Å². The van der Waals surface area contributed by atoms with Crippen LogP contribution in [-0.4, -0.2) is 12.7 Å². The summed E-state index contributed by atoms with van der Waals surface area (Å²) in [6.07, 6.45) is 9.69. The Morgan fingerprint density at radius 3 is 2.00 bits per heavy atom. The molecule has 2 rings (SSSR count). The maximum atomic E-state index is 13.3. The van der Waals surface area contributed by atoms with Gasteiger partial charge in [-0.1, -0.05) is 6.08 Å². The van der Waals surface area contributed by atoms with Gasteiger partial charge in [0, 0.05) is 12.5 Å². The van der Waals surface area contributed by atoms with Crippen molar-refractivity contribution in [2.24, 2.45) is 17.8 Å². The highest BCUT2D eigenvalue weighted by Crippen LogP contribution is 2.43. The first-order valence-electron chi connectivity index (χ1n) is 9.05. The molecular weight excluding hydrogens is 301 g/mol. The number of ether oxygens (including phenoxy) is 1. The van der Waals surface area contributed by atoms with Gasteiger partial charge in [-0.2, -0.15) is 8.78 Å². The highest BCUT2D eigenvalue weighted by atomic mass is 19.3. The number of allylic oxidation sites excluding steroid dienone is 2. The molecule has 2 aliphatic rings. The van der Waals surface area contributed by atoms with Crippen LogP contribution in [0.3, 0.4) is 0 Å². The summed E-state index contributed by atoms with van der Waals surface area (Å²) in [6.45, 7) is 4.52. The highest BCUT2D eigenvalue weighted by molar-refractivity contribution is 5.00. The van der Waals surface area contributed by atoms with Gasteiger partial charge in [0.15, 0.2) is 5.83 Å². The molecule has 2 aliphatic carbocycles. The minimum atomic E-state index is -2.12. The summed E-state index contributed by atoms with van der Waals surface area (Å²) in [6, 6.07) is 0. The third-order valence-electron chi connectivity index (χ3n) is 5.60. The van der Waals surface area contributed by atoms with E-state index in [2.05, 4.69) is 6.58 Å². The molecule has 0 aliphatic heterocycles. The van der Waals surface area contributed by atoms with Crippen LogP contribution in [-0.2, 0) is 4.74 Å². The van der Waals surface area contributed by atoms with E-state index in [0.29, 0.717) is 30.8 Å². The molecule has 0 atom stereocenters. The zero-order valence-electron chi connectivity index (χ0n) is 13.9. The lowest BCUT2D eigenvalue weighted by molar-refractivity contribution is 0.00648. The Labute approximate surface area is 138 Å². The number of unbranched alkanes of at least 4 members (excludes halogenated alkanes) is 1. The molecule has 0 aromatic carbocycles. The van der Waals surface area contributed by atoms with Gasteiger partial charge in [0.05, 0.1) is 6.10 Å². The molecule has 2 fully saturated rings. The summed E-state index contributed by atoms with van der Waals surface area (Å²) < 4.78 is 43.9. The van der Waals surface area contributed by atoms with E-state index in [-0.39, 0.29) is 0 Å². The molecular formula is C19H29F3O. The first-order chi connectivity index (χ1) is 11.1. The molecule has 0 aromatic rings. The van der Waals surface area contributed by atoms with Crippen molar-refractivity contribution in [1.82, 2.24) is 0 Å². The van der Waals surface area contributed by atoms with Crippen molar-refractivity contribution in [1.29, 1.82) is 0 Å². The van der Waals surface area contributed by atoms with Crippen molar-refractivity contribution in [3.8, 4) is 0 Å². The minimum absolute atomic E-state index is 0.383. The Morgan fingerprint density at radius 1 is 0.913 bits per heavy atom. The largest absolute Gasteiger partial charge is 0.378 e. The minimum Gasteiger partial charge on any atom is -0.378 e. The van der Waals surface area contributed by atoms with Crippen LogP contribution in [0.4, 0.5) is 13.2 Å². The maximum Gasteiger partial charge on any atom is 0.301 e. The Morgan fingerprint density at radius 2 is 1.48 bits per heavy atom. The van der Waals surface area contributed by atoms with Gasteiger partial charge in [-0.05, 0) is 76.0 Å². The number of hydrogen-bond donors (Lipinski definition) is 0. The second-order valence-corrected chi connectivity index (χ2v) is 7.06. The van der Waals surface area contributed by atoms with E-state index in [1.54, 1.807) is 0 Å². The van der Waals surface area contributed by atoms with Gasteiger partial charge in [0.1, 0.15) is 0 Å². The summed E-state index contributed by atoms with van der Waals surface area (Å²) >= 11 is 0. The maximum absolute atomic E-state index is 13.3. The smallest absolute Gasteiger partial charge is 0.301 e. The van der Waals surface area contributed by atoms with Crippen LogP contribution in [0.2, 0.25) is 0 Å². The van der Waals surface area contributed by atoms with Crippen LogP contribution in [0.5, 0.6) is 0 Å². The summed E-state index contributed by atoms with van der Waals surface area (Å²) in [4.78, 5) is 0. The monoisotopic (exact) mass is 330 g/mol. The van der Waals surface area contributed by atoms with Gasteiger partial charge in [0.25, 0.3) is 0 Å². The van der Waals surface area contributed by atoms with E-state index in [1.807, 2.05) is 6.08 Å². The van der Waals surface area contributed by atoms with Crippen molar-refractivity contribution in [2.75, 3.05) is 6.61 Å². The predicted octanol–water partition coefficient (Wildman–Crippen LogP) is 6.41. The quantitative estimate of drug-likeness (QED) is 0.387. The standard InChI is InChI=1S/C19H29F3O/c1-2-3-4-13-23-17-11-9-15(10-12-17)14-5-7-16(8-6-14)18(20)19(21)22/h2,14-17H,1,3-13H2. The average Bonchev–Trinajstić information content (AvgIpc) is 2.59. The normalized spacial score (nSPS) is 31.6. The van der Waals surface area contributed by atoms with Crippen LogP contribution in [0, 0.1) is 17.8 Å². The van der Waals surface area contributed by atoms with Crippen molar-refractivity contribution < 1.29 is 17.9 Å². The Bertz CT molecular complexity index is 387. The third-order valence-corrected chi connectivity index (χ3v) is 5.60. The van der Waals surface area contributed by atoms with Crippen LogP contribution in [0.1, 0.15) is 64.2 Å². The van der Waals surface area contributed by atoms with Gasteiger partial charge in [0.2, 0.25) is 0 Å². The van der Waals surface area contributed by atoms with Crippen LogP contribution in [0.15, 0.2) is 24.6 Å². The topological polar surface area (TPSA) is 9.23 Å². The highest BCUT2D eigenvalue weighted by Gasteiger charge is 2.33. The lowest BCUT2D eigenvalue weighted by Crippen LogP contribution is -2.29. The molecule has 0 amide bonds. The molecule has 1 nitrogen and oxygen atoms in total. The van der Waals surface area contributed by atoms with E-state index < -0.39 is 17.8 Å². The molecule has 0 N–H and O–H groups in total. The molecule has 4 heteroatoms. The molecule has 0 radical (unpaired) electrons. The lowest BCUT2D eigenvalue weighted by Gasteiger charge is -2.37. The second kappa shape index (κ2) is 9.51. The molecule has 0 bridgehead atoms. The fraction of sp³-hybridized carbons (Fsp3) is 0.789. The summed E-state index contributed by atoms with van der Waals surface area (Å²) in [5.74, 6) is -0.449. The van der Waals surface area contributed by atoms with Gasteiger partial charge in [-0.25, -0.2) is 4.39 Å². The molecule has 132 valence electrons. The molecule has 0 saturated heterocycles. The Hall–Kier alpha value is -0.770. The molecule has 0 heterocycles.